The molecule has 0 saturated carbocycles. The number of hydrogen-bond donors (Lipinski definition) is 1. The van der Waals surface area contributed by atoms with E-state index in [1.165, 1.54) is 0 Å². The second kappa shape index (κ2) is 5.30. The van der Waals surface area contributed by atoms with Gasteiger partial charge in [-0.2, -0.15) is 0 Å². The van der Waals surface area contributed by atoms with E-state index >= 15 is 0 Å². The van der Waals surface area contributed by atoms with Crippen molar-refractivity contribution in [2.45, 2.75) is 33.6 Å². The van der Waals surface area contributed by atoms with E-state index in [4.69, 9.17) is 0 Å². The van der Waals surface area contributed by atoms with Crippen LogP contribution in [0.5, 0.6) is 0 Å². The van der Waals surface area contributed by atoms with Gasteiger partial charge in [-0.1, -0.05) is 13.8 Å². The zero-order valence-corrected chi connectivity index (χ0v) is 12.0. The van der Waals surface area contributed by atoms with E-state index in [9.17, 15) is 0 Å². The lowest BCUT2D eigenvalue weighted by atomic mass is 10.0. The van der Waals surface area contributed by atoms with Gasteiger partial charge in [0, 0.05) is 24.5 Å². The average molecular weight is 257 g/mol. The van der Waals surface area contributed by atoms with Crippen LogP contribution in [0.4, 0.5) is 5.82 Å². The van der Waals surface area contributed by atoms with Crippen molar-refractivity contribution in [3.8, 4) is 11.5 Å². The Hall–Kier alpha value is -2.04. The third kappa shape index (κ3) is 2.70. The predicted octanol–water partition coefficient (Wildman–Crippen LogP) is 2.72. The van der Waals surface area contributed by atoms with Crippen LogP contribution in [0.3, 0.4) is 0 Å². The van der Waals surface area contributed by atoms with Gasteiger partial charge in [-0.3, -0.25) is 0 Å². The third-order valence-electron chi connectivity index (χ3n) is 2.96. The average Bonchev–Trinajstić information content (AvgIpc) is 2.37. The Balaban J connectivity index is 2.58. The fourth-order valence-electron chi connectivity index (χ4n) is 2.16. The van der Waals surface area contributed by atoms with Gasteiger partial charge >= 0.3 is 0 Å². The maximum absolute atomic E-state index is 4.57. The van der Waals surface area contributed by atoms with Crippen LogP contribution < -0.4 is 5.32 Å². The molecular formula is C14H19N5. The Bertz CT molecular complexity index is 592. The van der Waals surface area contributed by atoms with Gasteiger partial charge in [0.25, 0.3) is 0 Å². The highest BCUT2D eigenvalue weighted by Gasteiger charge is 2.15. The summed E-state index contributed by atoms with van der Waals surface area (Å²) in [7, 11) is 1.88. The maximum Gasteiger partial charge on any atom is 0.180 e. The molecular weight excluding hydrogens is 238 g/mol. The quantitative estimate of drug-likeness (QED) is 0.916. The van der Waals surface area contributed by atoms with Gasteiger partial charge in [-0.25, -0.2) is 19.9 Å². The Labute approximate surface area is 113 Å². The van der Waals surface area contributed by atoms with Gasteiger partial charge < -0.3 is 5.32 Å². The number of aromatic nitrogens is 4. The molecule has 2 aromatic heterocycles. The first kappa shape index (κ1) is 13.4. The van der Waals surface area contributed by atoms with E-state index < -0.39 is 0 Å². The van der Waals surface area contributed by atoms with Gasteiger partial charge in [0.1, 0.15) is 17.3 Å². The van der Waals surface area contributed by atoms with Crippen molar-refractivity contribution in [2.75, 3.05) is 12.4 Å². The van der Waals surface area contributed by atoms with E-state index in [2.05, 4.69) is 39.1 Å². The highest BCUT2D eigenvalue weighted by Crippen LogP contribution is 2.27. The minimum atomic E-state index is 0.378. The zero-order chi connectivity index (χ0) is 14.0. The molecule has 0 spiro atoms. The van der Waals surface area contributed by atoms with Crippen LogP contribution in [0.2, 0.25) is 0 Å². The number of hydrogen-bond acceptors (Lipinski definition) is 5. The Morgan fingerprint density at radius 3 is 2.42 bits per heavy atom. The van der Waals surface area contributed by atoms with Gasteiger partial charge in [-0.05, 0) is 25.8 Å². The molecule has 1 N–H and O–H groups in total. The molecule has 2 rings (SSSR count). The Morgan fingerprint density at radius 2 is 1.84 bits per heavy atom. The molecule has 2 aromatic rings. The summed E-state index contributed by atoms with van der Waals surface area (Å²) >= 11 is 0. The van der Waals surface area contributed by atoms with Crippen LogP contribution in [0.15, 0.2) is 12.3 Å². The van der Waals surface area contributed by atoms with Crippen LogP contribution >= 0.6 is 0 Å². The van der Waals surface area contributed by atoms with Gasteiger partial charge in [0.15, 0.2) is 5.82 Å². The molecule has 5 heteroatoms. The number of nitrogens with one attached hydrogen (secondary N) is 1. The Morgan fingerprint density at radius 1 is 1.11 bits per heavy atom. The van der Waals surface area contributed by atoms with E-state index in [-0.39, 0.29) is 0 Å². The molecule has 0 amide bonds. The highest BCUT2D eigenvalue weighted by atomic mass is 15.0. The lowest BCUT2D eigenvalue weighted by Gasteiger charge is -2.15. The predicted molar refractivity (Wildman–Crippen MR) is 76.2 cm³/mol. The van der Waals surface area contributed by atoms with Crippen LogP contribution in [0.25, 0.3) is 11.5 Å². The van der Waals surface area contributed by atoms with Crippen LogP contribution in [0.1, 0.15) is 36.8 Å². The molecule has 0 atom stereocenters. The van der Waals surface area contributed by atoms with E-state index in [1.807, 2.05) is 27.0 Å². The summed E-state index contributed by atoms with van der Waals surface area (Å²) in [6, 6.07) is 1.83. The summed E-state index contributed by atoms with van der Waals surface area (Å²) in [4.78, 5) is 17.6. The SMILES string of the molecule is CNc1nc(-c2ccnc(C)n2)nc(C)c1C(C)C. The second-order valence-corrected chi connectivity index (χ2v) is 4.79. The third-order valence-corrected chi connectivity index (χ3v) is 2.96. The Kier molecular flexibility index (Phi) is 3.74. The first-order chi connectivity index (χ1) is 9.02. The maximum atomic E-state index is 4.57. The summed E-state index contributed by atoms with van der Waals surface area (Å²) in [5.74, 6) is 2.60. The number of anilines is 1. The number of rotatable bonds is 3. The molecule has 0 radical (unpaired) electrons. The summed E-state index contributed by atoms with van der Waals surface area (Å²) in [6.45, 7) is 8.15. The standard InChI is InChI=1S/C14H19N5/c1-8(2)12-9(3)17-13(19-14(12)15-5)11-6-7-16-10(4)18-11/h6-8H,1-5H3,(H,15,17,19). The lowest BCUT2D eigenvalue weighted by Crippen LogP contribution is -2.07. The lowest BCUT2D eigenvalue weighted by molar-refractivity contribution is 0.832. The smallest absolute Gasteiger partial charge is 0.180 e. The first-order valence-electron chi connectivity index (χ1n) is 6.39. The fraction of sp³-hybridized carbons (Fsp3) is 0.429. The molecule has 0 saturated heterocycles. The molecule has 19 heavy (non-hydrogen) atoms. The van der Waals surface area contributed by atoms with Crippen LogP contribution in [-0.2, 0) is 0 Å². The zero-order valence-electron chi connectivity index (χ0n) is 12.0. The second-order valence-electron chi connectivity index (χ2n) is 4.79. The number of aryl methyl sites for hydroxylation is 2. The molecule has 100 valence electrons. The molecule has 0 aliphatic heterocycles. The van der Waals surface area contributed by atoms with Crippen molar-refractivity contribution in [1.29, 1.82) is 0 Å². The molecule has 0 aliphatic carbocycles. The minimum absolute atomic E-state index is 0.378. The van der Waals surface area contributed by atoms with Crippen LogP contribution in [0, 0.1) is 13.8 Å². The topological polar surface area (TPSA) is 63.6 Å². The van der Waals surface area contributed by atoms with Crippen molar-refractivity contribution in [3.63, 3.8) is 0 Å². The normalized spacial score (nSPS) is 10.8. The summed E-state index contributed by atoms with van der Waals surface area (Å²) in [6.07, 6.45) is 1.73. The minimum Gasteiger partial charge on any atom is -0.373 e. The van der Waals surface area contributed by atoms with Gasteiger partial charge in [-0.15, -0.1) is 0 Å². The van der Waals surface area contributed by atoms with E-state index in [1.54, 1.807) is 6.20 Å². The molecule has 0 unspecified atom stereocenters. The van der Waals surface area contributed by atoms with Crippen molar-refractivity contribution in [1.82, 2.24) is 19.9 Å². The highest BCUT2D eigenvalue weighted by molar-refractivity contribution is 5.57. The molecule has 0 aliphatic rings. The summed E-state index contributed by atoms with van der Waals surface area (Å²) < 4.78 is 0. The van der Waals surface area contributed by atoms with Crippen molar-refractivity contribution < 1.29 is 0 Å². The largest absolute Gasteiger partial charge is 0.373 e. The van der Waals surface area contributed by atoms with Crippen molar-refractivity contribution >= 4 is 5.82 Å². The van der Waals surface area contributed by atoms with E-state index in [0.29, 0.717) is 11.7 Å². The van der Waals surface area contributed by atoms with Gasteiger partial charge in [0.2, 0.25) is 0 Å². The van der Waals surface area contributed by atoms with Crippen molar-refractivity contribution in [3.05, 3.63) is 29.3 Å². The fourth-order valence-corrected chi connectivity index (χ4v) is 2.16. The van der Waals surface area contributed by atoms with Crippen LogP contribution in [-0.4, -0.2) is 27.0 Å². The molecule has 0 bridgehead atoms. The summed E-state index contributed by atoms with van der Waals surface area (Å²) in [5, 5.41) is 3.15. The van der Waals surface area contributed by atoms with Gasteiger partial charge in [0.05, 0.1) is 0 Å². The van der Waals surface area contributed by atoms with E-state index in [0.717, 1.165) is 28.6 Å². The molecule has 5 nitrogen and oxygen atoms in total. The first-order valence-corrected chi connectivity index (χ1v) is 6.39. The monoisotopic (exact) mass is 257 g/mol. The van der Waals surface area contributed by atoms with Crippen molar-refractivity contribution in [2.24, 2.45) is 0 Å². The number of nitrogens with zero attached hydrogens (tertiary/aromatic N) is 4. The molecule has 2 heterocycles. The molecule has 0 fully saturated rings. The molecule has 0 aromatic carbocycles. The summed E-state index contributed by atoms with van der Waals surface area (Å²) in [5.41, 5.74) is 2.89.